The van der Waals surface area contributed by atoms with Crippen molar-refractivity contribution in [3.63, 3.8) is 0 Å². The van der Waals surface area contributed by atoms with Crippen molar-refractivity contribution >= 4 is 49.0 Å². The first-order valence-corrected chi connectivity index (χ1v) is 12.1. The highest BCUT2D eigenvalue weighted by molar-refractivity contribution is 7.18. The summed E-state index contributed by atoms with van der Waals surface area (Å²) in [7, 11) is 0. The van der Waals surface area contributed by atoms with E-state index in [4.69, 9.17) is 4.98 Å². The summed E-state index contributed by atoms with van der Waals surface area (Å²) in [5, 5.41) is 5.30. The number of fused-ring (bicyclic) bond motifs is 2. The summed E-state index contributed by atoms with van der Waals surface area (Å²) in [5.41, 5.74) is 2.10. The van der Waals surface area contributed by atoms with E-state index in [0.717, 1.165) is 46.9 Å². The molecule has 1 unspecified atom stereocenters. The monoisotopic (exact) mass is 436 g/mol. The minimum atomic E-state index is 0.0872. The van der Waals surface area contributed by atoms with Crippen molar-refractivity contribution in [2.45, 2.75) is 31.7 Å². The number of aromatic nitrogens is 2. The van der Waals surface area contributed by atoms with Crippen LogP contribution in [0.15, 0.2) is 48.5 Å². The molecule has 2 aromatic heterocycles. The maximum atomic E-state index is 12.6. The molecule has 1 amide bonds. The molecule has 0 aliphatic carbocycles. The summed E-state index contributed by atoms with van der Waals surface area (Å²) in [5.74, 6) is 0.0872. The van der Waals surface area contributed by atoms with E-state index in [-0.39, 0.29) is 11.9 Å². The fourth-order valence-electron chi connectivity index (χ4n) is 4.07. The van der Waals surface area contributed by atoms with Gasteiger partial charge in [0.2, 0.25) is 5.91 Å². The highest BCUT2D eigenvalue weighted by atomic mass is 32.1. The molecule has 7 heteroatoms. The molecule has 5 nitrogen and oxygen atoms in total. The van der Waals surface area contributed by atoms with E-state index < -0.39 is 0 Å². The first-order chi connectivity index (χ1) is 14.8. The van der Waals surface area contributed by atoms with E-state index in [2.05, 4.69) is 39.5 Å². The zero-order valence-electron chi connectivity index (χ0n) is 16.7. The molecule has 0 saturated carbocycles. The van der Waals surface area contributed by atoms with Crippen LogP contribution in [0.4, 0.5) is 0 Å². The number of hydrogen-bond acceptors (Lipinski definition) is 6. The van der Waals surface area contributed by atoms with Crippen LogP contribution in [-0.2, 0) is 11.2 Å². The van der Waals surface area contributed by atoms with Crippen molar-refractivity contribution < 1.29 is 4.79 Å². The van der Waals surface area contributed by atoms with Crippen molar-refractivity contribution in [2.24, 2.45) is 0 Å². The Morgan fingerprint density at radius 1 is 1.00 bits per heavy atom. The van der Waals surface area contributed by atoms with Crippen LogP contribution in [-0.4, -0.2) is 40.4 Å². The first kappa shape index (κ1) is 19.6. The lowest BCUT2D eigenvalue weighted by molar-refractivity contribution is -0.123. The van der Waals surface area contributed by atoms with Gasteiger partial charge in [0, 0.05) is 13.0 Å². The smallest absolute Gasteiger partial charge is 0.234 e. The average Bonchev–Trinajstić information content (AvgIpc) is 3.37. The lowest BCUT2D eigenvalue weighted by Crippen LogP contribution is -2.42. The van der Waals surface area contributed by atoms with Crippen LogP contribution in [0.2, 0.25) is 0 Å². The van der Waals surface area contributed by atoms with Gasteiger partial charge in [-0.15, -0.1) is 22.7 Å². The molecule has 1 saturated heterocycles. The van der Waals surface area contributed by atoms with Crippen molar-refractivity contribution in [3.05, 3.63) is 58.5 Å². The molecular formula is C23H24N4OS2. The molecule has 0 bridgehead atoms. The third kappa shape index (κ3) is 4.24. The Balaban J connectivity index is 1.19. The standard InChI is InChI=1S/C23H24N4OS2/c28-21(24-13-12-22-25-16-7-1-3-10-19(16)29-22)15-27-14-6-5-9-18(27)23-26-17-8-2-4-11-20(17)30-23/h1-4,7-8,10-11,18H,5-6,9,12-15H2,(H,24,28). The molecular weight excluding hydrogens is 412 g/mol. The number of nitrogens with one attached hydrogen (secondary N) is 1. The summed E-state index contributed by atoms with van der Waals surface area (Å²) >= 11 is 3.46. The Morgan fingerprint density at radius 3 is 2.50 bits per heavy atom. The normalized spacial score (nSPS) is 17.5. The van der Waals surface area contributed by atoms with Crippen LogP contribution in [0.3, 0.4) is 0 Å². The topological polar surface area (TPSA) is 58.1 Å². The minimum absolute atomic E-state index is 0.0872. The fourth-order valence-corrected chi connectivity index (χ4v) is 6.17. The van der Waals surface area contributed by atoms with Gasteiger partial charge in [-0.1, -0.05) is 30.7 Å². The number of likely N-dealkylation sites (tertiary alicyclic amines) is 1. The summed E-state index contributed by atoms with van der Waals surface area (Å²) in [6, 6.07) is 16.7. The van der Waals surface area contributed by atoms with E-state index in [9.17, 15) is 4.79 Å². The summed E-state index contributed by atoms with van der Waals surface area (Å²) in [4.78, 5) is 24.4. The van der Waals surface area contributed by atoms with Crippen LogP contribution in [0, 0.1) is 0 Å². The lowest BCUT2D eigenvalue weighted by atomic mass is 10.0. The summed E-state index contributed by atoms with van der Waals surface area (Å²) in [6.07, 6.45) is 4.17. The zero-order chi connectivity index (χ0) is 20.3. The molecule has 1 aliphatic heterocycles. The van der Waals surface area contributed by atoms with Gasteiger partial charge in [-0.25, -0.2) is 9.97 Å². The Morgan fingerprint density at radius 2 is 1.73 bits per heavy atom. The molecule has 5 rings (SSSR count). The second kappa shape index (κ2) is 8.79. The number of carbonyl (C=O) groups is 1. The van der Waals surface area contributed by atoms with Gasteiger partial charge in [0.25, 0.3) is 0 Å². The van der Waals surface area contributed by atoms with Crippen LogP contribution in [0.1, 0.15) is 35.3 Å². The number of benzene rings is 2. The number of nitrogens with zero attached hydrogens (tertiary/aromatic N) is 3. The number of rotatable bonds is 6. The van der Waals surface area contributed by atoms with Gasteiger partial charge in [-0.3, -0.25) is 9.69 Å². The third-order valence-corrected chi connectivity index (χ3v) is 7.79. The summed E-state index contributed by atoms with van der Waals surface area (Å²) in [6.45, 7) is 2.00. The number of piperidine rings is 1. The molecule has 1 aliphatic rings. The maximum absolute atomic E-state index is 12.6. The molecule has 1 N–H and O–H groups in total. The van der Waals surface area contributed by atoms with Crippen LogP contribution >= 0.6 is 22.7 Å². The number of hydrogen-bond donors (Lipinski definition) is 1. The Kier molecular flexibility index (Phi) is 5.75. The molecule has 2 aromatic carbocycles. The van der Waals surface area contributed by atoms with Gasteiger partial charge in [-0.05, 0) is 43.7 Å². The van der Waals surface area contributed by atoms with Crippen LogP contribution < -0.4 is 5.32 Å². The predicted octanol–water partition coefficient (Wildman–Crippen LogP) is 4.79. The maximum Gasteiger partial charge on any atom is 0.234 e. The van der Waals surface area contributed by atoms with E-state index in [1.165, 1.54) is 15.8 Å². The zero-order valence-corrected chi connectivity index (χ0v) is 18.3. The number of amides is 1. The van der Waals surface area contributed by atoms with Gasteiger partial charge < -0.3 is 5.32 Å². The van der Waals surface area contributed by atoms with Crippen molar-refractivity contribution in [3.8, 4) is 0 Å². The minimum Gasteiger partial charge on any atom is -0.355 e. The Bertz CT molecular complexity index is 1100. The Labute approximate surface area is 183 Å². The highest BCUT2D eigenvalue weighted by Gasteiger charge is 2.28. The fraction of sp³-hybridized carbons (Fsp3) is 0.348. The molecule has 0 spiro atoms. The SMILES string of the molecule is O=C(CN1CCCCC1c1nc2ccccc2s1)NCCc1nc2ccccc2s1. The van der Waals surface area contributed by atoms with E-state index >= 15 is 0 Å². The quantitative estimate of drug-likeness (QED) is 0.472. The van der Waals surface area contributed by atoms with Gasteiger partial charge in [-0.2, -0.15) is 0 Å². The molecule has 1 fully saturated rings. The van der Waals surface area contributed by atoms with Crippen molar-refractivity contribution in [2.75, 3.05) is 19.6 Å². The van der Waals surface area contributed by atoms with Gasteiger partial charge in [0.1, 0.15) is 5.01 Å². The van der Waals surface area contributed by atoms with Gasteiger partial charge in [0.15, 0.2) is 0 Å². The predicted molar refractivity (Wildman–Crippen MR) is 124 cm³/mol. The van der Waals surface area contributed by atoms with Crippen LogP contribution in [0.25, 0.3) is 20.4 Å². The van der Waals surface area contributed by atoms with Crippen molar-refractivity contribution in [1.29, 1.82) is 0 Å². The Hall–Kier alpha value is -2.35. The largest absolute Gasteiger partial charge is 0.355 e. The highest BCUT2D eigenvalue weighted by Crippen LogP contribution is 2.35. The molecule has 3 heterocycles. The molecule has 154 valence electrons. The average molecular weight is 437 g/mol. The number of para-hydroxylation sites is 2. The van der Waals surface area contributed by atoms with Crippen molar-refractivity contribution in [1.82, 2.24) is 20.2 Å². The molecule has 0 radical (unpaired) electrons. The first-order valence-electron chi connectivity index (χ1n) is 10.5. The van der Waals surface area contributed by atoms with Gasteiger partial charge >= 0.3 is 0 Å². The second-order valence-electron chi connectivity index (χ2n) is 7.68. The second-order valence-corrected chi connectivity index (χ2v) is 9.85. The number of carbonyl (C=O) groups excluding carboxylic acids is 1. The number of thiazole rings is 2. The van der Waals surface area contributed by atoms with E-state index in [0.29, 0.717) is 13.1 Å². The van der Waals surface area contributed by atoms with Crippen LogP contribution in [0.5, 0.6) is 0 Å². The summed E-state index contributed by atoms with van der Waals surface area (Å²) < 4.78 is 2.42. The lowest BCUT2D eigenvalue weighted by Gasteiger charge is -2.33. The third-order valence-electron chi connectivity index (χ3n) is 5.56. The van der Waals surface area contributed by atoms with E-state index in [1.54, 1.807) is 22.7 Å². The molecule has 4 aromatic rings. The van der Waals surface area contributed by atoms with E-state index in [1.807, 2.05) is 24.3 Å². The molecule has 30 heavy (non-hydrogen) atoms. The van der Waals surface area contributed by atoms with Gasteiger partial charge in [0.05, 0.1) is 38.0 Å². The molecule has 1 atom stereocenters.